The van der Waals surface area contributed by atoms with E-state index in [9.17, 15) is 9.59 Å². The molecular formula is C14H18N2O3. The Balaban J connectivity index is 1.80. The van der Waals surface area contributed by atoms with Crippen molar-refractivity contribution in [2.24, 2.45) is 0 Å². The number of hydrogen-bond acceptors (Lipinski definition) is 3. The lowest BCUT2D eigenvalue weighted by molar-refractivity contribution is 0.0210. The number of rotatable bonds is 4. The number of nitrogens with one attached hydrogen (secondary N) is 2. The second-order valence-electron chi connectivity index (χ2n) is 4.76. The molecule has 0 bridgehead atoms. The molecule has 1 saturated carbocycles. The number of carbonyl (C=O) groups excluding carboxylic acids is 2. The summed E-state index contributed by atoms with van der Waals surface area (Å²) in [6, 6.07) is 6.78. The van der Waals surface area contributed by atoms with Crippen molar-refractivity contribution >= 4 is 17.5 Å². The predicted octanol–water partition coefficient (Wildman–Crippen LogP) is 2.19. The molecule has 5 heteroatoms. The first-order valence-electron chi connectivity index (χ1n) is 6.30. The number of Topliss-reactive ketones (excluding diaryl/α,β-unsaturated/α-hetero) is 1. The van der Waals surface area contributed by atoms with E-state index < -0.39 is 0 Å². The van der Waals surface area contributed by atoms with Crippen LogP contribution in [-0.2, 0) is 4.74 Å². The second-order valence-corrected chi connectivity index (χ2v) is 4.76. The summed E-state index contributed by atoms with van der Waals surface area (Å²) in [6.45, 7) is 1.51. The zero-order valence-electron chi connectivity index (χ0n) is 11.1. The van der Waals surface area contributed by atoms with Crippen LogP contribution < -0.4 is 10.6 Å². The van der Waals surface area contributed by atoms with Gasteiger partial charge in [0.25, 0.3) is 0 Å². The van der Waals surface area contributed by atoms with E-state index in [1.807, 2.05) is 0 Å². The number of amides is 2. The first-order valence-corrected chi connectivity index (χ1v) is 6.30. The highest BCUT2D eigenvalue weighted by Crippen LogP contribution is 2.22. The highest BCUT2D eigenvalue weighted by molar-refractivity contribution is 5.95. The second kappa shape index (κ2) is 5.84. The van der Waals surface area contributed by atoms with Gasteiger partial charge in [0.15, 0.2) is 5.78 Å². The molecule has 2 N–H and O–H groups in total. The van der Waals surface area contributed by atoms with Gasteiger partial charge in [0.1, 0.15) is 0 Å². The van der Waals surface area contributed by atoms with E-state index in [4.69, 9.17) is 4.74 Å². The lowest BCUT2D eigenvalue weighted by Gasteiger charge is -2.34. The third kappa shape index (κ3) is 3.54. The number of hydrogen-bond donors (Lipinski definition) is 2. The maximum atomic E-state index is 11.7. The van der Waals surface area contributed by atoms with Crippen LogP contribution in [-0.4, -0.2) is 31.1 Å². The van der Waals surface area contributed by atoms with Crippen LogP contribution in [0.25, 0.3) is 0 Å². The van der Waals surface area contributed by atoms with Gasteiger partial charge in [0.05, 0.1) is 6.10 Å². The summed E-state index contributed by atoms with van der Waals surface area (Å²) < 4.78 is 5.15. The number of ether oxygens (including phenoxy) is 1. The Kier molecular flexibility index (Phi) is 4.16. The van der Waals surface area contributed by atoms with Gasteiger partial charge >= 0.3 is 6.03 Å². The van der Waals surface area contributed by atoms with E-state index in [-0.39, 0.29) is 24.0 Å². The average Bonchev–Trinajstić information content (AvgIpc) is 2.33. The van der Waals surface area contributed by atoms with Crippen LogP contribution >= 0.6 is 0 Å². The van der Waals surface area contributed by atoms with E-state index in [1.54, 1.807) is 31.4 Å². The van der Waals surface area contributed by atoms with Crippen molar-refractivity contribution in [3.63, 3.8) is 0 Å². The number of ketones is 1. The third-order valence-electron chi connectivity index (χ3n) is 3.31. The molecule has 1 aliphatic carbocycles. The highest BCUT2D eigenvalue weighted by Gasteiger charge is 2.29. The molecule has 1 fully saturated rings. The van der Waals surface area contributed by atoms with Crippen LogP contribution in [0.2, 0.25) is 0 Å². The average molecular weight is 262 g/mol. The normalized spacial score (nSPS) is 21.4. The molecule has 1 aromatic carbocycles. The number of anilines is 1. The van der Waals surface area contributed by atoms with E-state index >= 15 is 0 Å². The summed E-state index contributed by atoms with van der Waals surface area (Å²) in [5.41, 5.74) is 1.30. The van der Waals surface area contributed by atoms with Gasteiger partial charge in [0, 0.05) is 24.4 Å². The number of carbonyl (C=O) groups is 2. The summed E-state index contributed by atoms with van der Waals surface area (Å²) in [7, 11) is 1.68. The van der Waals surface area contributed by atoms with E-state index in [0.717, 1.165) is 12.8 Å². The minimum atomic E-state index is -0.227. The van der Waals surface area contributed by atoms with Crippen molar-refractivity contribution in [1.82, 2.24) is 5.32 Å². The summed E-state index contributed by atoms with van der Waals surface area (Å²) >= 11 is 0. The van der Waals surface area contributed by atoms with Gasteiger partial charge in [-0.15, -0.1) is 0 Å². The Morgan fingerprint density at radius 1 is 1.21 bits per heavy atom. The number of methoxy groups -OCH3 is 1. The molecule has 102 valence electrons. The molecule has 2 rings (SSSR count). The Labute approximate surface area is 112 Å². The largest absolute Gasteiger partial charge is 0.381 e. The molecule has 5 nitrogen and oxygen atoms in total. The van der Waals surface area contributed by atoms with Crippen molar-refractivity contribution in [2.45, 2.75) is 31.9 Å². The van der Waals surface area contributed by atoms with Crippen LogP contribution in [0.1, 0.15) is 30.1 Å². The zero-order chi connectivity index (χ0) is 13.8. The first-order chi connectivity index (χ1) is 9.08. The molecule has 19 heavy (non-hydrogen) atoms. The first kappa shape index (κ1) is 13.5. The molecule has 0 atom stereocenters. The minimum absolute atomic E-state index is 0.0103. The third-order valence-corrected chi connectivity index (χ3v) is 3.31. The smallest absolute Gasteiger partial charge is 0.319 e. The van der Waals surface area contributed by atoms with Crippen molar-refractivity contribution in [1.29, 1.82) is 0 Å². The van der Waals surface area contributed by atoms with Crippen LogP contribution in [0.4, 0.5) is 10.5 Å². The summed E-state index contributed by atoms with van der Waals surface area (Å²) in [5, 5.41) is 5.61. The molecule has 0 radical (unpaired) electrons. The fourth-order valence-corrected chi connectivity index (χ4v) is 2.02. The molecule has 0 aromatic heterocycles. The summed E-state index contributed by atoms with van der Waals surface area (Å²) in [4.78, 5) is 22.8. The highest BCUT2D eigenvalue weighted by atomic mass is 16.5. The van der Waals surface area contributed by atoms with Crippen molar-refractivity contribution < 1.29 is 14.3 Å². The van der Waals surface area contributed by atoms with E-state index in [0.29, 0.717) is 11.3 Å². The fraction of sp³-hybridized carbons (Fsp3) is 0.429. The standard InChI is InChI=1S/C14H18N2O3/c1-9(17)10-3-5-11(6-4-10)15-14(18)16-12-7-13(8-12)19-2/h3-6,12-13H,7-8H2,1-2H3,(H2,15,16,18). The lowest BCUT2D eigenvalue weighted by atomic mass is 9.89. The van der Waals surface area contributed by atoms with Crippen molar-refractivity contribution in [3.8, 4) is 0 Å². The SMILES string of the molecule is COC1CC(NC(=O)Nc2ccc(C(C)=O)cc2)C1. The Bertz CT molecular complexity index is 464. The van der Waals surface area contributed by atoms with E-state index in [2.05, 4.69) is 10.6 Å². The molecule has 0 aliphatic heterocycles. The van der Waals surface area contributed by atoms with Gasteiger partial charge in [-0.3, -0.25) is 4.79 Å². The zero-order valence-corrected chi connectivity index (χ0v) is 11.1. The van der Waals surface area contributed by atoms with Crippen LogP contribution in [0.15, 0.2) is 24.3 Å². The van der Waals surface area contributed by atoms with Crippen molar-refractivity contribution in [2.75, 3.05) is 12.4 Å². The number of benzene rings is 1. The van der Waals surface area contributed by atoms with Crippen LogP contribution in [0.5, 0.6) is 0 Å². The molecule has 2 amide bonds. The quantitative estimate of drug-likeness (QED) is 0.817. The molecular weight excluding hydrogens is 244 g/mol. The number of urea groups is 1. The molecule has 0 spiro atoms. The summed E-state index contributed by atoms with van der Waals surface area (Å²) in [6.07, 6.45) is 1.97. The molecule has 0 unspecified atom stereocenters. The van der Waals surface area contributed by atoms with Gasteiger partial charge in [0.2, 0.25) is 0 Å². The minimum Gasteiger partial charge on any atom is -0.381 e. The fourth-order valence-electron chi connectivity index (χ4n) is 2.02. The molecule has 1 aromatic rings. The molecule has 0 heterocycles. The maximum absolute atomic E-state index is 11.7. The van der Waals surface area contributed by atoms with Gasteiger partial charge in [-0.1, -0.05) is 0 Å². The van der Waals surface area contributed by atoms with Gasteiger partial charge in [-0.05, 0) is 44.0 Å². The Hall–Kier alpha value is -1.88. The predicted molar refractivity (Wildman–Crippen MR) is 72.4 cm³/mol. The van der Waals surface area contributed by atoms with E-state index in [1.165, 1.54) is 6.92 Å². The van der Waals surface area contributed by atoms with Crippen molar-refractivity contribution in [3.05, 3.63) is 29.8 Å². The van der Waals surface area contributed by atoms with Crippen LogP contribution in [0.3, 0.4) is 0 Å². The van der Waals surface area contributed by atoms with Crippen LogP contribution in [0, 0.1) is 0 Å². The lowest BCUT2D eigenvalue weighted by Crippen LogP contribution is -2.48. The molecule has 1 aliphatic rings. The topological polar surface area (TPSA) is 67.4 Å². The van der Waals surface area contributed by atoms with Gasteiger partial charge in [-0.2, -0.15) is 0 Å². The Morgan fingerprint density at radius 2 is 1.84 bits per heavy atom. The monoisotopic (exact) mass is 262 g/mol. The molecule has 0 saturated heterocycles. The maximum Gasteiger partial charge on any atom is 0.319 e. The Morgan fingerprint density at radius 3 is 2.37 bits per heavy atom. The van der Waals surface area contributed by atoms with Gasteiger partial charge in [-0.25, -0.2) is 4.79 Å². The summed E-state index contributed by atoms with van der Waals surface area (Å²) in [5.74, 6) is 0.0103. The van der Waals surface area contributed by atoms with Gasteiger partial charge < -0.3 is 15.4 Å².